The Bertz CT molecular complexity index is 746. The smallest absolute Gasteiger partial charge is 0.412 e. The summed E-state index contributed by atoms with van der Waals surface area (Å²) in [5, 5.41) is 12.6. The lowest BCUT2D eigenvalue weighted by Gasteiger charge is -2.11. The van der Waals surface area contributed by atoms with E-state index in [9.17, 15) is 9.59 Å². The minimum atomic E-state index is -0.639. The van der Waals surface area contributed by atoms with E-state index < -0.39 is 6.09 Å². The normalized spacial score (nSPS) is 10.0. The van der Waals surface area contributed by atoms with Gasteiger partial charge in [0.2, 0.25) is 5.91 Å². The summed E-state index contributed by atoms with van der Waals surface area (Å²) in [4.78, 5) is 23.5. The Morgan fingerprint density at radius 2 is 2.00 bits per heavy atom. The zero-order chi connectivity index (χ0) is 18.2. The number of hydrogen-bond donors (Lipinski definition) is 2. The third kappa shape index (κ3) is 5.09. The Morgan fingerprint density at radius 3 is 2.68 bits per heavy atom. The Kier molecular flexibility index (Phi) is 6.15. The van der Waals surface area contributed by atoms with Crippen LogP contribution in [0.25, 0.3) is 0 Å². The number of benzene rings is 1. The number of nitrogens with one attached hydrogen (secondary N) is 2. The van der Waals surface area contributed by atoms with Crippen LogP contribution in [0, 0.1) is 0 Å². The van der Waals surface area contributed by atoms with Crippen LogP contribution >= 0.6 is 0 Å². The molecule has 0 aliphatic rings. The van der Waals surface area contributed by atoms with Crippen LogP contribution in [0.5, 0.6) is 11.5 Å². The molecule has 2 amide bonds. The van der Waals surface area contributed by atoms with Crippen molar-refractivity contribution in [2.75, 3.05) is 31.5 Å². The lowest BCUT2D eigenvalue weighted by Crippen LogP contribution is -2.19. The number of hydrogen-bond acceptors (Lipinski definition) is 7. The fourth-order valence-corrected chi connectivity index (χ4v) is 1.95. The Labute approximate surface area is 144 Å². The molecule has 10 nitrogen and oxygen atoms in total. The standard InChI is InChI=1S/C15H19N5O5/c1-4-25-15(22)17-13-8-20(19-18-13)9-14(21)16-11-7-10(23-2)5-6-12(11)24-3/h5-8H,4,9H2,1-3H3,(H,16,21)(H,17,22). The van der Waals surface area contributed by atoms with E-state index in [1.54, 1.807) is 25.1 Å². The van der Waals surface area contributed by atoms with E-state index in [2.05, 4.69) is 20.9 Å². The molecule has 0 aliphatic heterocycles. The van der Waals surface area contributed by atoms with Crippen molar-refractivity contribution in [3.63, 3.8) is 0 Å². The van der Waals surface area contributed by atoms with Gasteiger partial charge in [-0.3, -0.25) is 10.1 Å². The topological polar surface area (TPSA) is 117 Å². The zero-order valence-corrected chi connectivity index (χ0v) is 14.1. The van der Waals surface area contributed by atoms with E-state index in [0.29, 0.717) is 17.2 Å². The van der Waals surface area contributed by atoms with Crippen molar-refractivity contribution in [2.24, 2.45) is 0 Å². The van der Waals surface area contributed by atoms with Gasteiger partial charge in [-0.25, -0.2) is 9.48 Å². The first-order chi connectivity index (χ1) is 12.0. The van der Waals surface area contributed by atoms with Crippen LogP contribution < -0.4 is 20.1 Å². The number of carbonyl (C=O) groups excluding carboxylic acids is 2. The van der Waals surface area contributed by atoms with E-state index in [0.717, 1.165) is 0 Å². The van der Waals surface area contributed by atoms with Crippen molar-refractivity contribution in [3.8, 4) is 11.5 Å². The molecule has 0 saturated heterocycles. The van der Waals surface area contributed by atoms with Crippen LogP contribution in [0.15, 0.2) is 24.4 Å². The van der Waals surface area contributed by atoms with Gasteiger partial charge in [0.15, 0.2) is 5.82 Å². The SMILES string of the molecule is CCOC(=O)Nc1cn(CC(=O)Nc2cc(OC)ccc2OC)nn1. The average Bonchev–Trinajstić information content (AvgIpc) is 3.01. The number of anilines is 2. The Balaban J connectivity index is 1.99. The molecule has 0 atom stereocenters. The highest BCUT2D eigenvalue weighted by Crippen LogP contribution is 2.28. The van der Waals surface area contributed by atoms with Crippen LogP contribution in [-0.2, 0) is 16.1 Å². The van der Waals surface area contributed by atoms with E-state index >= 15 is 0 Å². The van der Waals surface area contributed by atoms with Crippen LogP contribution in [-0.4, -0.2) is 47.8 Å². The average molecular weight is 349 g/mol. The highest BCUT2D eigenvalue weighted by atomic mass is 16.5. The minimum Gasteiger partial charge on any atom is -0.497 e. The van der Waals surface area contributed by atoms with Crippen molar-refractivity contribution in [2.45, 2.75) is 13.5 Å². The quantitative estimate of drug-likeness (QED) is 0.778. The molecule has 10 heteroatoms. The number of amides is 2. The molecule has 2 N–H and O–H groups in total. The van der Waals surface area contributed by atoms with E-state index in [4.69, 9.17) is 14.2 Å². The van der Waals surface area contributed by atoms with Crippen molar-refractivity contribution >= 4 is 23.5 Å². The maximum absolute atomic E-state index is 12.2. The van der Waals surface area contributed by atoms with Gasteiger partial charge >= 0.3 is 6.09 Å². The molecule has 0 saturated carbocycles. The molecule has 2 aromatic rings. The largest absolute Gasteiger partial charge is 0.497 e. The second kappa shape index (κ2) is 8.52. The third-order valence-electron chi connectivity index (χ3n) is 3.03. The van der Waals surface area contributed by atoms with Crippen LogP contribution in [0.4, 0.5) is 16.3 Å². The summed E-state index contributed by atoms with van der Waals surface area (Å²) in [7, 11) is 3.03. The molecule has 2 rings (SSSR count). The van der Waals surface area contributed by atoms with Gasteiger partial charge in [-0.2, -0.15) is 0 Å². The number of rotatable bonds is 7. The number of nitrogens with zero attached hydrogens (tertiary/aromatic N) is 3. The van der Waals surface area contributed by atoms with Gasteiger partial charge in [0.25, 0.3) is 0 Å². The first-order valence-electron chi connectivity index (χ1n) is 7.41. The molecule has 25 heavy (non-hydrogen) atoms. The summed E-state index contributed by atoms with van der Waals surface area (Å²) < 4.78 is 16.3. The van der Waals surface area contributed by atoms with Crippen molar-refractivity contribution in [1.82, 2.24) is 15.0 Å². The molecule has 1 aromatic carbocycles. The number of ether oxygens (including phenoxy) is 3. The predicted octanol–water partition coefficient (Wildman–Crippen LogP) is 1.50. The maximum Gasteiger partial charge on any atom is 0.412 e. The Morgan fingerprint density at radius 1 is 1.20 bits per heavy atom. The van der Waals surface area contributed by atoms with Crippen LogP contribution in [0.2, 0.25) is 0 Å². The predicted molar refractivity (Wildman–Crippen MR) is 88.8 cm³/mol. The summed E-state index contributed by atoms with van der Waals surface area (Å²) in [5.41, 5.74) is 0.469. The van der Waals surface area contributed by atoms with Gasteiger partial charge in [-0.15, -0.1) is 5.10 Å². The zero-order valence-electron chi connectivity index (χ0n) is 14.1. The molecule has 0 bridgehead atoms. The highest BCUT2D eigenvalue weighted by molar-refractivity contribution is 5.92. The number of aromatic nitrogens is 3. The van der Waals surface area contributed by atoms with Crippen LogP contribution in [0.1, 0.15) is 6.92 Å². The maximum atomic E-state index is 12.2. The molecular weight excluding hydrogens is 330 g/mol. The lowest BCUT2D eigenvalue weighted by atomic mass is 10.2. The molecule has 134 valence electrons. The summed E-state index contributed by atoms with van der Waals surface area (Å²) in [6.07, 6.45) is 0.777. The second-order valence-corrected chi connectivity index (χ2v) is 4.76. The molecule has 0 unspecified atom stereocenters. The van der Waals surface area contributed by atoms with Gasteiger partial charge in [0.05, 0.1) is 32.7 Å². The number of carbonyl (C=O) groups is 2. The van der Waals surface area contributed by atoms with Gasteiger partial charge in [-0.1, -0.05) is 5.21 Å². The molecule has 1 aromatic heterocycles. The van der Waals surface area contributed by atoms with Crippen molar-refractivity contribution in [1.29, 1.82) is 0 Å². The molecule has 0 aliphatic carbocycles. The minimum absolute atomic E-state index is 0.0993. The second-order valence-electron chi connectivity index (χ2n) is 4.76. The van der Waals surface area contributed by atoms with Crippen LogP contribution in [0.3, 0.4) is 0 Å². The first-order valence-corrected chi connectivity index (χ1v) is 7.41. The van der Waals surface area contributed by atoms with Gasteiger partial charge in [0, 0.05) is 6.07 Å². The molecular formula is C15H19N5O5. The monoisotopic (exact) mass is 349 g/mol. The van der Waals surface area contributed by atoms with E-state index in [1.165, 1.54) is 25.1 Å². The summed E-state index contributed by atoms with van der Waals surface area (Å²) in [6.45, 7) is 1.83. The molecule has 0 fully saturated rings. The highest BCUT2D eigenvalue weighted by Gasteiger charge is 2.12. The summed E-state index contributed by atoms with van der Waals surface area (Å²) in [5.74, 6) is 0.916. The summed E-state index contributed by atoms with van der Waals surface area (Å²) >= 11 is 0. The fourth-order valence-electron chi connectivity index (χ4n) is 1.95. The van der Waals surface area contributed by atoms with Crippen molar-refractivity contribution < 1.29 is 23.8 Å². The van der Waals surface area contributed by atoms with Crippen molar-refractivity contribution in [3.05, 3.63) is 24.4 Å². The fraction of sp³-hybridized carbons (Fsp3) is 0.333. The van der Waals surface area contributed by atoms with E-state index in [-0.39, 0.29) is 24.9 Å². The van der Waals surface area contributed by atoms with Gasteiger partial charge < -0.3 is 19.5 Å². The Hall–Kier alpha value is -3.30. The molecule has 0 radical (unpaired) electrons. The third-order valence-corrected chi connectivity index (χ3v) is 3.03. The molecule has 1 heterocycles. The first kappa shape index (κ1) is 18.0. The molecule has 0 spiro atoms. The van der Waals surface area contributed by atoms with Gasteiger partial charge in [0.1, 0.15) is 18.0 Å². The summed E-state index contributed by atoms with van der Waals surface area (Å²) in [6, 6.07) is 5.05. The number of methoxy groups -OCH3 is 2. The lowest BCUT2D eigenvalue weighted by molar-refractivity contribution is -0.116. The van der Waals surface area contributed by atoms with Gasteiger partial charge in [-0.05, 0) is 19.1 Å². The van der Waals surface area contributed by atoms with E-state index in [1.807, 2.05) is 0 Å².